The number of benzene rings is 1. The SMILES string of the molecule is CN(CC(C)(C)CN)C(=O)Cn1c(=O)[nH]c2ccccc21. The second kappa shape index (κ2) is 5.73. The van der Waals surface area contributed by atoms with Gasteiger partial charge in [-0.25, -0.2) is 4.79 Å². The Morgan fingerprint density at radius 1 is 1.38 bits per heavy atom. The number of fused-ring (bicyclic) bond motifs is 1. The van der Waals surface area contributed by atoms with Gasteiger partial charge >= 0.3 is 5.69 Å². The van der Waals surface area contributed by atoms with Crippen molar-refractivity contribution >= 4 is 16.9 Å². The molecule has 0 aliphatic heterocycles. The van der Waals surface area contributed by atoms with E-state index in [0.29, 0.717) is 13.1 Å². The Morgan fingerprint density at radius 2 is 2.05 bits per heavy atom. The summed E-state index contributed by atoms with van der Waals surface area (Å²) in [5, 5.41) is 0. The Kier molecular flexibility index (Phi) is 4.18. The van der Waals surface area contributed by atoms with E-state index in [1.54, 1.807) is 11.9 Å². The summed E-state index contributed by atoms with van der Waals surface area (Å²) in [5.74, 6) is -0.108. The fraction of sp³-hybridized carbons (Fsp3) is 0.467. The predicted molar refractivity (Wildman–Crippen MR) is 83.0 cm³/mol. The predicted octanol–water partition coefficient (Wildman–Crippen LogP) is 0.773. The molecule has 0 saturated heterocycles. The van der Waals surface area contributed by atoms with Crippen LogP contribution in [0.15, 0.2) is 29.1 Å². The maximum atomic E-state index is 12.3. The fourth-order valence-corrected chi connectivity index (χ4v) is 2.31. The van der Waals surface area contributed by atoms with Gasteiger partial charge in [-0.3, -0.25) is 9.36 Å². The minimum Gasteiger partial charge on any atom is -0.344 e. The first-order chi connectivity index (χ1) is 9.84. The standard InChI is InChI=1S/C15H22N4O2/c1-15(2,9-16)10-18(3)13(20)8-19-12-7-5-4-6-11(12)17-14(19)21/h4-7H,8-10,16H2,1-3H3,(H,17,21). The molecule has 0 fully saturated rings. The summed E-state index contributed by atoms with van der Waals surface area (Å²) in [6, 6.07) is 7.33. The summed E-state index contributed by atoms with van der Waals surface area (Å²) in [6.07, 6.45) is 0. The normalized spacial score (nSPS) is 11.8. The van der Waals surface area contributed by atoms with Crippen molar-refractivity contribution in [3.8, 4) is 0 Å². The zero-order valence-corrected chi connectivity index (χ0v) is 12.7. The highest BCUT2D eigenvalue weighted by molar-refractivity contribution is 5.80. The van der Waals surface area contributed by atoms with Crippen molar-refractivity contribution in [2.24, 2.45) is 11.1 Å². The Labute approximate surface area is 123 Å². The molecule has 1 amide bonds. The molecular formula is C15H22N4O2. The molecule has 3 N–H and O–H groups in total. The van der Waals surface area contributed by atoms with E-state index in [-0.39, 0.29) is 23.6 Å². The number of nitrogens with one attached hydrogen (secondary N) is 1. The monoisotopic (exact) mass is 290 g/mol. The highest BCUT2D eigenvalue weighted by Gasteiger charge is 2.22. The van der Waals surface area contributed by atoms with Gasteiger partial charge in [-0.15, -0.1) is 0 Å². The summed E-state index contributed by atoms with van der Waals surface area (Å²) < 4.78 is 1.46. The number of nitrogens with zero attached hydrogens (tertiary/aromatic N) is 2. The molecule has 1 heterocycles. The van der Waals surface area contributed by atoms with Gasteiger partial charge in [-0.2, -0.15) is 0 Å². The fourth-order valence-electron chi connectivity index (χ4n) is 2.31. The number of aromatic nitrogens is 2. The molecule has 21 heavy (non-hydrogen) atoms. The molecule has 0 saturated carbocycles. The lowest BCUT2D eigenvalue weighted by atomic mass is 9.93. The first kappa shape index (κ1) is 15.3. The van der Waals surface area contributed by atoms with Crippen LogP contribution in [0.3, 0.4) is 0 Å². The number of rotatable bonds is 5. The second-order valence-electron chi connectivity index (χ2n) is 6.15. The molecular weight excluding hydrogens is 268 g/mol. The lowest BCUT2D eigenvalue weighted by Gasteiger charge is -2.29. The Hall–Kier alpha value is -2.08. The molecule has 0 unspecified atom stereocenters. The van der Waals surface area contributed by atoms with Crippen LogP contribution in [0.1, 0.15) is 13.8 Å². The summed E-state index contributed by atoms with van der Waals surface area (Å²) in [7, 11) is 1.74. The minimum atomic E-state index is -0.268. The van der Waals surface area contributed by atoms with Gasteiger partial charge in [-0.05, 0) is 24.1 Å². The quantitative estimate of drug-likeness (QED) is 0.853. The zero-order chi connectivity index (χ0) is 15.6. The third-order valence-corrected chi connectivity index (χ3v) is 3.62. The van der Waals surface area contributed by atoms with Gasteiger partial charge in [0, 0.05) is 13.6 Å². The number of hydrogen-bond acceptors (Lipinski definition) is 3. The zero-order valence-electron chi connectivity index (χ0n) is 12.7. The molecule has 6 heteroatoms. The Bertz CT molecular complexity index is 699. The van der Waals surface area contributed by atoms with Crippen molar-refractivity contribution in [3.63, 3.8) is 0 Å². The van der Waals surface area contributed by atoms with Crippen LogP contribution in [-0.4, -0.2) is 40.5 Å². The van der Waals surface area contributed by atoms with E-state index in [9.17, 15) is 9.59 Å². The van der Waals surface area contributed by atoms with E-state index in [0.717, 1.165) is 11.0 Å². The second-order valence-corrected chi connectivity index (χ2v) is 6.15. The minimum absolute atomic E-state index is 0.0278. The van der Waals surface area contributed by atoms with Crippen molar-refractivity contribution in [3.05, 3.63) is 34.7 Å². The molecule has 0 radical (unpaired) electrons. The van der Waals surface area contributed by atoms with E-state index in [1.807, 2.05) is 38.1 Å². The highest BCUT2D eigenvalue weighted by Crippen LogP contribution is 2.14. The van der Waals surface area contributed by atoms with Crippen LogP contribution in [0.4, 0.5) is 0 Å². The van der Waals surface area contributed by atoms with Crippen molar-refractivity contribution in [2.75, 3.05) is 20.1 Å². The van der Waals surface area contributed by atoms with Crippen molar-refractivity contribution in [1.82, 2.24) is 14.5 Å². The van der Waals surface area contributed by atoms with E-state index in [1.165, 1.54) is 4.57 Å². The van der Waals surface area contributed by atoms with E-state index < -0.39 is 0 Å². The van der Waals surface area contributed by atoms with Gasteiger partial charge in [0.25, 0.3) is 0 Å². The molecule has 2 aromatic rings. The van der Waals surface area contributed by atoms with Crippen molar-refractivity contribution < 1.29 is 4.79 Å². The summed E-state index contributed by atoms with van der Waals surface area (Å²) in [4.78, 5) is 28.6. The number of amides is 1. The van der Waals surface area contributed by atoms with Gasteiger partial charge in [0.1, 0.15) is 6.54 Å². The Balaban J connectivity index is 2.18. The van der Waals surface area contributed by atoms with Gasteiger partial charge in [0.05, 0.1) is 11.0 Å². The molecule has 0 bridgehead atoms. The smallest absolute Gasteiger partial charge is 0.326 e. The number of likely N-dealkylation sites (N-methyl/N-ethyl adjacent to an activating group) is 1. The number of carbonyl (C=O) groups excluding carboxylic acids is 1. The first-order valence-corrected chi connectivity index (χ1v) is 6.95. The highest BCUT2D eigenvalue weighted by atomic mass is 16.2. The first-order valence-electron chi connectivity index (χ1n) is 6.95. The van der Waals surface area contributed by atoms with Gasteiger partial charge in [0.2, 0.25) is 5.91 Å². The van der Waals surface area contributed by atoms with Crippen LogP contribution in [0.25, 0.3) is 11.0 Å². The number of imidazole rings is 1. The van der Waals surface area contributed by atoms with Gasteiger partial charge in [-0.1, -0.05) is 26.0 Å². The van der Waals surface area contributed by atoms with Crippen LogP contribution in [0, 0.1) is 5.41 Å². The summed E-state index contributed by atoms with van der Waals surface area (Å²) in [6.45, 7) is 5.10. The van der Waals surface area contributed by atoms with E-state index in [4.69, 9.17) is 5.73 Å². The molecule has 0 aliphatic rings. The van der Waals surface area contributed by atoms with Crippen LogP contribution in [0.5, 0.6) is 0 Å². The van der Waals surface area contributed by atoms with E-state index >= 15 is 0 Å². The number of hydrogen-bond donors (Lipinski definition) is 2. The van der Waals surface area contributed by atoms with E-state index in [2.05, 4.69) is 4.98 Å². The van der Waals surface area contributed by atoms with Crippen LogP contribution >= 0.6 is 0 Å². The molecule has 2 rings (SSSR count). The number of H-pyrrole nitrogens is 1. The van der Waals surface area contributed by atoms with Gasteiger partial charge < -0.3 is 15.6 Å². The third-order valence-electron chi connectivity index (χ3n) is 3.62. The molecule has 1 aromatic heterocycles. The average molecular weight is 290 g/mol. The number of carbonyl (C=O) groups is 1. The van der Waals surface area contributed by atoms with Crippen LogP contribution in [0.2, 0.25) is 0 Å². The maximum absolute atomic E-state index is 12.3. The molecule has 0 spiro atoms. The lowest BCUT2D eigenvalue weighted by molar-refractivity contribution is -0.131. The molecule has 0 aliphatic carbocycles. The maximum Gasteiger partial charge on any atom is 0.326 e. The summed E-state index contributed by atoms with van der Waals surface area (Å²) in [5.41, 5.74) is 6.75. The summed E-state index contributed by atoms with van der Waals surface area (Å²) >= 11 is 0. The molecule has 0 atom stereocenters. The van der Waals surface area contributed by atoms with Crippen molar-refractivity contribution in [1.29, 1.82) is 0 Å². The van der Waals surface area contributed by atoms with Crippen LogP contribution < -0.4 is 11.4 Å². The molecule has 6 nitrogen and oxygen atoms in total. The Morgan fingerprint density at radius 3 is 2.71 bits per heavy atom. The van der Waals surface area contributed by atoms with Crippen LogP contribution in [-0.2, 0) is 11.3 Å². The molecule has 1 aromatic carbocycles. The average Bonchev–Trinajstić information content (AvgIpc) is 2.75. The van der Waals surface area contributed by atoms with Crippen molar-refractivity contribution in [2.45, 2.75) is 20.4 Å². The number of aromatic amines is 1. The van der Waals surface area contributed by atoms with Gasteiger partial charge in [0.15, 0.2) is 0 Å². The number of nitrogens with two attached hydrogens (primary N) is 1. The molecule has 114 valence electrons. The lowest BCUT2D eigenvalue weighted by Crippen LogP contribution is -2.41. The topological polar surface area (TPSA) is 84.1 Å². The number of para-hydroxylation sites is 2. The third kappa shape index (κ3) is 3.33. The largest absolute Gasteiger partial charge is 0.344 e.